The van der Waals surface area contributed by atoms with Crippen molar-refractivity contribution in [2.75, 3.05) is 12.3 Å². The quantitative estimate of drug-likeness (QED) is 0.301. The van der Waals surface area contributed by atoms with E-state index in [9.17, 15) is 9.90 Å². The molecule has 0 fully saturated rings. The van der Waals surface area contributed by atoms with E-state index in [1.165, 1.54) is 12.1 Å². The lowest BCUT2D eigenvalue weighted by Gasteiger charge is -2.20. The summed E-state index contributed by atoms with van der Waals surface area (Å²) in [6.45, 7) is -0.433. The van der Waals surface area contributed by atoms with Gasteiger partial charge in [0.05, 0.1) is 17.8 Å². The van der Waals surface area contributed by atoms with E-state index in [-0.39, 0.29) is 17.9 Å². The molecule has 0 unspecified atom stereocenters. The number of phenols is 1. The Balaban J connectivity index is 2.89. The third-order valence-electron chi connectivity index (χ3n) is 2.15. The zero-order chi connectivity index (χ0) is 11.5. The lowest BCUT2D eigenvalue weighted by Crippen LogP contribution is -2.47. The van der Waals surface area contributed by atoms with Crippen molar-refractivity contribution < 1.29 is 15.0 Å². The number of anilines is 1. The minimum Gasteiger partial charge on any atom is -0.506 e. The van der Waals surface area contributed by atoms with Crippen LogP contribution in [-0.2, 0) is 11.2 Å². The summed E-state index contributed by atoms with van der Waals surface area (Å²) in [4.78, 5) is 10.6. The summed E-state index contributed by atoms with van der Waals surface area (Å²) in [7, 11) is 0. The number of carbonyl (C=O) groups excluding carboxylic acids is 1. The zero-order valence-electron chi connectivity index (χ0n) is 8.18. The second kappa shape index (κ2) is 4.29. The molecule has 15 heavy (non-hydrogen) atoms. The van der Waals surface area contributed by atoms with Crippen molar-refractivity contribution in [2.24, 2.45) is 5.73 Å². The second-order valence-electron chi connectivity index (χ2n) is 3.58. The summed E-state index contributed by atoms with van der Waals surface area (Å²) in [5.41, 5.74) is 10.7. The fourth-order valence-electron chi connectivity index (χ4n) is 1.23. The Hall–Kier alpha value is -1.59. The summed E-state index contributed by atoms with van der Waals surface area (Å²) in [5.74, 6) is -0.0172. The first-order valence-corrected chi connectivity index (χ1v) is 4.44. The lowest BCUT2D eigenvalue weighted by molar-refractivity contribution is -0.113. The number of hydrogen-bond acceptors (Lipinski definition) is 5. The maximum Gasteiger partial charge on any atom is 0.142 e. The molecule has 82 valence electrons. The molecule has 0 aliphatic heterocycles. The molecule has 0 aliphatic carbocycles. The van der Waals surface area contributed by atoms with Gasteiger partial charge in [0.25, 0.3) is 0 Å². The van der Waals surface area contributed by atoms with Gasteiger partial charge in [0.1, 0.15) is 12.0 Å². The summed E-state index contributed by atoms with van der Waals surface area (Å²) in [5, 5.41) is 18.1. The van der Waals surface area contributed by atoms with Crippen LogP contribution in [0.1, 0.15) is 5.56 Å². The van der Waals surface area contributed by atoms with E-state index in [0.717, 1.165) is 0 Å². The molecule has 0 spiro atoms. The van der Waals surface area contributed by atoms with Crippen LogP contribution in [0.4, 0.5) is 5.69 Å². The van der Waals surface area contributed by atoms with E-state index in [2.05, 4.69) is 0 Å². The second-order valence-corrected chi connectivity index (χ2v) is 3.58. The number of aromatic hydroxyl groups is 1. The van der Waals surface area contributed by atoms with Crippen LogP contribution in [0, 0.1) is 0 Å². The number of benzene rings is 1. The van der Waals surface area contributed by atoms with Gasteiger partial charge < -0.3 is 26.5 Å². The van der Waals surface area contributed by atoms with Crippen molar-refractivity contribution >= 4 is 12.0 Å². The minimum absolute atomic E-state index is 0.0172. The number of phenolic OH excluding ortho intramolecular Hbond substituents is 1. The summed E-state index contributed by atoms with van der Waals surface area (Å²) >= 11 is 0. The molecule has 1 rings (SSSR count). The molecule has 0 saturated carbocycles. The van der Waals surface area contributed by atoms with Gasteiger partial charge in [-0.05, 0) is 24.1 Å². The van der Waals surface area contributed by atoms with Gasteiger partial charge in [0.15, 0.2) is 0 Å². The Morgan fingerprint density at radius 1 is 1.47 bits per heavy atom. The Bertz CT molecular complexity index is 368. The molecule has 1 aromatic carbocycles. The van der Waals surface area contributed by atoms with Crippen LogP contribution in [0.2, 0.25) is 0 Å². The lowest BCUT2D eigenvalue weighted by atomic mass is 9.94. The highest BCUT2D eigenvalue weighted by Gasteiger charge is 2.23. The highest BCUT2D eigenvalue weighted by atomic mass is 16.3. The Kier molecular flexibility index (Phi) is 3.28. The number of aldehydes is 1. The van der Waals surface area contributed by atoms with Crippen molar-refractivity contribution in [3.8, 4) is 5.75 Å². The Morgan fingerprint density at radius 2 is 2.13 bits per heavy atom. The van der Waals surface area contributed by atoms with Gasteiger partial charge in [-0.15, -0.1) is 0 Å². The van der Waals surface area contributed by atoms with E-state index in [4.69, 9.17) is 16.6 Å². The van der Waals surface area contributed by atoms with Gasteiger partial charge in [-0.25, -0.2) is 0 Å². The first-order chi connectivity index (χ1) is 7.00. The average Bonchev–Trinajstić information content (AvgIpc) is 2.23. The molecule has 5 nitrogen and oxygen atoms in total. The maximum atomic E-state index is 10.6. The van der Waals surface area contributed by atoms with E-state index in [0.29, 0.717) is 11.8 Å². The number of nitrogens with two attached hydrogens (primary N) is 2. The van der Waals surface area contributed by atoms with Crippen LogP contribution in [0.15, 0.2) is 18.2 Å². The SMILES string of the molecule is Nc1cc(C[C@](N)(C=O)CO)ccc1O. The van der Waals surface area contributed by atoms with Crippen molar-refractivity contribution in [3.05, 3.63) is 23.8 Å². The average molecular weight is 210 g/mol. The van der Waals surface area contributed by atoms with E-state index in [1.54, 1.807) is 6.07 Å². The molecule has 5 heteroatoms. The molecule has 0 amide bonds. The van der Waals surface area contributed by atoms with Crippen LogP contribution in [0.25, 0.3) is 0 Å². The molecule has 0 bridgehead atoms. The highest BCUT2D eigenvalue weighted by molar-refractivity contribution is 5.65. The van der Waals surface area contributed by atoms with Crippen LogP contribution >= 0.6 is 0 Å². The summed E-state index contributed by atoms with van der Waals surface area (Å²) < 4.78 is 0. The number of rotatable bonds is 4. The number of aliphatic hydroxyl groups is 1. The first kappa shape index (κ1) is 11.5. The predicted molar refractivity (Wildman–Crippen MR) is 56.3 cm³/mol. The molecule has 0 aliphatic rings. The van der Waals surface area contributed by atoms with Gasteiger partial charge in [-0.3, -0.25) is 0 Å². The number of nitrogen functional groups attached to an aromatic ring is 1. The van der Waals surface area contributed by atoms with Crippen LogP contribution in [0.5, 0.6) is 5.75 Å². The van der Waals surface area contributed by atoms with E-state index < -0.39 is 12.1 Å². The molecule has 0 aromatic heterocycles. The topological polar surface area (TPSA) is 110 Å². The maximum absolute atomic E-state index is 10.6. The van der Waals surface area contributed by atoms with Crippen molar-refractivity contribution in [2.45, 2.75) is 12.0 Å². The molecule has 0 radical (unpaired) electrons. The number of hydrogen-bond donors (Lipinski definition) is 4. The fraction of sp³-hybridized carbons (Fsp3) is 0.300. The normalized spacial score (nSPS) is 14.5. The molecule has 0 saturated heterocycles. The van der Waals surface area contributed by atoms with Gasteiger partial charge in [-0.1, -0.05) is 6.07 Å². The van der Waals surface area contributed by atoms with Gasteiger partial charge in [-0.2, -0.15) is 0 Å². The van der Waals surface area contributed by atoms with Crippen LogP contribution in [-0.4, -0.2) is 28.6 Å². The smallest absolute Gasteiger partial charge is 0.142 e. The number of carbonyl (C=O) groups is 1. The monoisotopic (exact) mass is 210 g/mol. The Labute approximate surface area is 87.3 Å². The molecule has 1 atom stereocenters. The third-order valence-corrected chi connectivity index (χ3v) is 2.15. The molecule has 0 heterocycles. The predicted octanol–water partition coefficient (Wildman–Crippen LogP) is -0.594. The van der Waals surface area contributed by atoms with Crippen LogP contribution in [0.3, 0.4) is 0 Å². The molecule has 6 N–H and O–H groups in total. The molecular weight excluding hydrogens is 196 g/mol. The summed E-state index contributed by atoms with van der Waals surface area (Å²) in [6, 6.07) is 4.55. The van der Waals surface area contributed by atoms with Gasteiger partial charge in [0, 0.05) is 0 Å². The molecule has 1 aromatic rings. The van der Waals surface area contributed by atoms with E-state index >= 15 is 0 Å². The summed E-state index contributed by atoms with van der Waals surface area (Å²) in [6.07, 6.45) is 0.688. The van der Waals surface area contributed by atoms with Crippen molar-refractivity contribution in [1.82, 2.24) is 0 Å². The third kappa shape index (κ3) is 2.68. The van der Waals surface area contributed by atoms with Crippen molar-refractivity contribution in [3.63, 3.8) is 0 Å². The largest absolute Gasteiger partial charge is 0.506 e. The van der Waals surface area contributed by atoms with Crippen LogP contribution < -0.4 is 11.5 Å². The fourth-order valence-corrected chi connectivity index (χ4v) is 1.23. The van der Waals surface area contributed by atoms with Gasteiger partial charge in [0.2, 0.25) is 0 Å². The standard InChI is InChI=1S/C10H14N2O3/c11-8-3-7(1-2-9(8)15)4-10(12,5-13)6-14/h1-3,5,14-15H,4,6,11-12H2/t10-/m0/s1. The first-order valence-electron chi connectivity index (χ1n) is 4.44. The minimum atomic E-state index is -1.29. The Morgan fingerprint density at radius 3 is 2.60 bits per heavy atom. The molecular formula is C10H14N2O3. The zero-order valence-corrected chi connectivity index (χ0v) is 8.18. The van der Waals surface area contributed by atoms with Crippen molar-refractivity contribution in [1.29, 1.82) is 0 Å². The highest BCUT2D eigenvalue weighted by Crippen LogP contribution is 2.22. The van der Waals surface area contributed by atoms with Gasteiger partial charge >= 0.3 is 0 Å². The number of aliphatic hydroxyl groups excluding tert-OH is 1. The van der Waals surface area contributed by atoms with E-state index in [1.807, 2.05) is 0 Å².